The van der Waals surface area contributed by atoms with Crippen molar-refractivity contribution < 1.29 is 22.7 Å². The molecule has 1 aromatic heterocycles. The number of halogens is 3. The van der Waals surface area contributed by atoms with Crippen LogP contribution in [0.25, 0.3) is 27.8 Å². The molecule has 4 aromatic rings. The average molecular weight is 571 g/mol. The maximum Gasteiger partial charge on any atom is 0.387 e. The van der Waals surface area contributed by atoms with Crippen molar-refractivity contribution in [1.82, 2.24) is 14.5 Å². The highest BCUT2D eigenvalue weighted by Crippen LogP contribution is 2.39. The SMILES string of the molecule is [B]C([B])([B])N(C)C(CC)c1nc2ccc(-c3ccc(P(C)C)c(C)c3F)cc2n1-c1c(C=O)cccc1OC(F)F. The lowest BCUT2D eigenvalue weighted by Crippen LogP contribution is -2.50. The van der Waals surface area contributed by atoms with E-state index in [9.17, 15) is 13.6 Å². The maximum absolute atomic E-state index is 15.7. The summed E-state index contributed by atoms with van der Waals surface area (Å²) >= 11 is 0. The van der Waals surface area contributed by atoms with Gasteiger partial charge in [0.1, 0.15) is 17.3 Å². The summed E-state index contributed by atoms with van der Waals surface area (Å²) in [6.45, 7) is 4.59. The first-order chi connectivity index (χ1) is 19.3. The summed E-state index contributed by atoms with van der Waals surface area (Å²) in [5.41, 5.74) is 2.53. The minimum atomic E-state index is -3.16. The number of carbonyl (C=O) groups is 1. The number of aromatic nitrogens is 2. The number of benzene rings is 3. The first-order valence-corrected chi connectivity index (χ1v) is 15.2. The molecule has 3 aromatic carbocycles. The van der Waals surface area contributed by atoms with E-state index in [0.29, 0.717) is 46.3 Å². The number of fused-ring (bicyclic) bond motifs is 1. The topological polar surface area (TPSA) is 47.4 Å². The second-order valence-electron chi connectivity index (χ2n) is 10.1. The second kappa shape index (κ2) is 12.1. The van der Waals surface area contributed by atoms with Crippen LogP contribution in [0.3, 0.4) is 0 Å². The van der Waals surface area contributed by atoms with Crippen molar-refractivity contribution in [2.45, 2.75) is 38.2 Å². The van der Waals surface area contributed by atoms with Crippen molar-refractivity contribution in [2.24, 2.45) is 0 Å². The van der Waals surface area contributed by atoms with Crippen molar-refractivity contribution in [2.75, 3.05) is 20.4 Å². The minimum Gasteiger partial charge on any atom is -0.433 e. The molecule has 0 bridgehead atoms. The Morgan fingerprint density at radius 1 is 1.15 bits per heavy atom. The summed E-state index contributed by atoms with van der Waals surface area (Å²) in [4.78, 5) is 18.5. The van der Waals surface area contributed by atoms with E-state index in [-0.39, 0.29) is 22.8 Å². The highest BCUT2D eigenvalue weighted by Gasteiger charge is 2.31. The van der Waals surface area contributed by atoms with Crippen molar-refractivity contribution in [3.63, 3.8) is 0 Å². The van der Waals surface area contributed by atoms with Gasteiger partial charge in [-0.15, -0.1) is 0 Å². The molecule has 0 N–H and O–H groups in total. The molecular weight excluding hydrogens is 543 g/mol. The van der Waals surface area contributed by atoms with Crippen LogP contribution in [0.4, 0.5) is 13.2 Å². The van der Waals surface area contributed by atoms with Gasteiger partial charge in [0.05, 0.1) is 40.6 Å². The van der Waals surface area contributed by atoms with E-state index in [0.717, 1.165) is 5.30 Å². The largest absolute Gasteiger partial charge is 0.433 e. The zero-order chi connectivity index (χ0) is 30.2. The van der Waals surface area contributed by atoms with Crippen LogP contribution in [0.15, 0.2) is 48.5 Å². The molecule has 5 nitrogen and oxygen atoms in total. The molecule has 0 amide bonds. The van der Waals surface area contributed by atoms with E-state index in [1.807, 2.05) is 13.0 Å². The van der Waals surface area contributed by atoms with Gasteiger partial charge in [-0.05, 0) is 74.4 Å². The molecule has 0 saturated carbocycles. The molecule has 4 rings (SSSR count). The van der Waals surface area contributed by atoms with E-state index in [1.165, 1.54) is 23.1 Å². The zero-order valence-corrected chi connectivity index (χ0v) is 24.4. The van der Waals surface area contributed by atoms with E-state index in [4.69, 9.17) is 33.3 Å². The van der Waals surface area contributed by atoms with Gasteiger partial charge in [0.2, 0.25) is 0 Å². The number of aldehydes is 1. The predicted octanol–water partition coefficient (Wildman–Crippen LogP) is 5.42. The van der Waals surface area contributed by atoms with Crippen LogP contribution in [0.1, 0.15) is 41.1 Å². The number of hydrogen-bond acceptors (Lipinski definition) is 4. The van der Waals surface area contributed by atoms with E-state index in [1.54, 1.807) is 42.8 Å². The lowest BCUT2D eigenvalue weighted by molar-refractivity contribution is -0.0498. The van der Waals surface area contributed by atoms with Crippen LogP contribution in [0, 0.1) is 12.7 Å². The number of nitrogens with zero attached hydrogens (tertiary/aromatic N) is 3. The number of hydrogen-bond donors (Lipinski definition) is 0. The Kier molecular flexibility index (Phi) is 9.10. The Hall–Kier alpha value is -3.03. The number of ether oxygens (including phenoxy) is 1. The molecule has 1 heterocycles. The maximum atomic E-state index is 15.7. The van der Waals surface area contributed by atoms with Crippen molar-refractivity contribution >= 4 is 54.1 Å². The van der Waals surface area contributed by atoms with Gasteiger partial charge in [-0.1, -0.05) is 44.3 Å². The third kappa shape index (κ3) is 5.98. The van der Waals surface area contributed by atoms with Gasteiger partial charge in [-0.3, -0.25) is 9.36 Å². The number of rotatable bonds is 10. The molecule has 0 aliphatic heterocycles. The fourth-order valence-corrected chi connectivity index (χ4v) is 6.21. The van der Waals surface area contributed by atoms with Gasteiger partial charge in [0.15, 0.2) is 12.0 Å². The third-order valence-corrected chi connectivity index (χ3v) is 8.64. The first-order valence-electron chi connectivity index (χ1n) is 12.9. The molecule has 0 spiro atoms. The molecule has 6 radical (unpaired) electrons. The number of para-hydroxylation sites is 1. The van der Waals surface area contributed by atoms with Crippen LogP contribution >= 0.6 is 7.92 Å². The Bertz CT molecular complexity index is 1590. The van der Waals surface area contributed by atoms with Crippen molar-refractivity contribution in [3.8, 4) is 22.6 Å². The molecule has 1 atom stereocenters. The van der Waals surface area contributed by atoms with Crippen LogP contribution in [-0.4, -0.2) is 76.5 Å². The highest BCUT2D eigenvalue weighted by atomic mass is 31.1. The molecular formula is C29H28B3F3N3O2P. The van der Waals surface area contributed by atoms with Gasteiger partial charge in [-0.25, -0.2) is 9.37 Å². The lowest BCUT2D eigenvalue weighted by atomic mass is 9.48. The standard InChI is InChI=1S/C29H28B3F3N3O2P/c1-6-21(37(3)29(30,31)32)27-36-20-12-10-17(19-11-13-24(41(4)5)16(2)25(19)33)14-22(20)38(27)26-18(15-39)8-7-9-23(26)40-28(34)35/h7-15,21,28H,6H2,1-5H3. The summed E-state index contributed by atoms with van der Waals surface area (Å²) in [5.74, 6) is -0.251. The fourth-order valence-electron chi connectivity index (χ4n) is 5.07. The van der Waals surface area contributed by atoms with Crippen LogP contribution in [0.2, 0.25) is 0 Å². The molecule has 0 saturated heterocycles. The van der Waals surface area contributed by atoms with Gasteiger partial charge < -0.3 is 9.64 Å². The van der Waals surface area contributed by atoms with Gasteiger partial charge in [-0.2, -0.15) is 8.78 Å². The molecule has 12 heteroatoms. The van der Waals surface area contributed by atoms with Gasteiger partial charge >= 0.3 is 6.61 Å². The monoisotopic (exact) mass is 571 g/mol. The molecule has 0 fully saturated rings. The first kappa shape index (κ1) is 30.9. The summed E-state index contributed by atoms with van der Waals surface area (Å²) in [6.07, 6.45) is 0.965. The van der Waals surface area contributed by atoms with Crippen molar-refractivity contribution in [1.29, 1.82) is 0 Å². The molecule has 0 aliphatic rings. The summed E-state index contributed by atoms with van der Waals surface area (Å²) < 4.78 is 49.1. The predicted molar refractivity (Wildman–Crippen MR) is 162 cm³/mol. The van der Waals surface area contributed by atoms with E-state index in [2.05, 4.69) is 13.3 Å². The average Bonchev–Trinajstić information content (AvgIpc) is 3.27. The van der Waals surface area contributed by atoms with Crippen molar-refractivity contribution in [3.05, 3.63) is 71.3 Å². The second-order valence-corrected chi connectivity index (χ2v) is 12.4. The molecule has 1 unspecified atom stereocenters. The number of alkyl halides is 2. The van der Waals surface area contributed by atoms with E-state index < -0.39 is 25.8 Å². The van der Waals surface area contributed by atoms with E-state index >= 15 is 4.39 Å². The minimum absolute atomic E-state index is 0.0515. The Morgan fingerprint density at radius 3 is 2.44 bits per heavy atom. The Morgan fingerprint density at radius 2 is 1.85 bits per heavy atom. The van der Waals surface area contributed by atoms with Crippen LogP contribution in [0.5, 0.6) is 5.75 Å². The number of imidazole rings is 1. The van der Waals surface area contributed by atoms with Gasteiger partial charge in [0.25, 0.3) is 0 Å². The van der Waals surface area contributed by atoms with Crippen LogP contribution < -0.4 is 10.0 Å². The Labute approximate surface area is 243 Å². The fraction of sp³-hybridized carbons (Fsp3) is 0.310. The quantitative estimate of drug-likeness (QED) is 0.145. The number of carbonyl (C=O) groups excluding carboxylic acids is 1. The summed E-state index contributed by atoms with van der Waals surface area (Å²) in [6, 6.07) is 12.5. The van der Waals surface area contributed by atoms with Gasteiger partial charge in [0, 0.05) is 11.1 Å². The molecule has 0 aliphatic carbocycles. The zero-order valence-electron chi connectivity index (χ0n) is 23.5. The summed E-state index contributed by atoms with van der Waals surface area (Å²) in [5, 5.41) is -0.784. The van der Waals surface area contributed by atoms with Crippen LogP contribution in [-0.2, 0) is 0 Å². The highest BCUT2D eigenvalue weighted by molar-refractivity contribution is 7.64. The molecule has 206 valence electrons. The third-order valence-electron chi connectivity index (χ3n) is 7.19. The normalized spacial score (nSPS) is 13.0. The molecule has 41 heavy (non-hydrogen) atoms. The Balaban J connectivity index is 2.09. The lowest BCUT2D eigenvalue weighted by Gasteiger charge is -2.39. The smallest absolute Gasteiger partial charge is 0.387 e. The summed E-state index contributed by atoms with van der Waals surface area (Å²) in [7, 11) is 19.1.